The molecule has 0 heterocycles. The molecule has 122 valence electrons. The van der Waals surface area contributed by atoms with E-state index in [9.17, 15) is 0 Å². The number of hydrogen-bond acceptors (Lipinski definition) is 4. The van der Waals surface area contributed by atoms with Gasteiger partial charge in [0, 0.05) is 37.6 Å². The summed E-state index contributed by atoms with van der Waals surface area (Å²) in [7, 11) is -4.72. The first-order chi connectivity index (χ1) is 10.1. The zero-order chi connectivity index (χ0) is 15.8. The SMILES string of the molecule is CCO[Si](C[Si](C)(OCC)C1C=CC=C1)(OCC)OCC. The second-order valence-electron chi connectivity index (χ2n) is 5.20. The van der Waals surface area contributed by atoms with E-state index in [1.807, 2.05) is 20.8 Å². The van der Waals surface area contributed by atoms with E-state index in [-0.39, 0.29) is 0 Å². The Balaban J connectivity index is 2.98. The normalized spacial score (nSPS) is 18.3. The van der Waals surface area contributed by atoms with Crippen molar-refractivity contribution in [3.63, 3.8) is 0 Å². The van der Waals surface area contributed by atoms with E-state index in [1.165, 1.54) is 0 Å². The van der Waals surface area contributed by atoms with Crippen LogP contribution in [0.3, 0.4) is 0 Å². The highest BCUT2D eigenvalue weighted by Crippen LogP contribution is 2.36. The molecule has 0 aromatic heterocycles. The standard InChI is InChI=1S/C15H30O4Si2/c1-6-16-20(5,15-12-10-11-13-15)14-21(17-7-2,18-8-3)19-9-4/h10-13,15H,6-9,14H2,1-5H3. The van der Waals surface area contributed by atoms with Crippen LogP contribution in [0.15, 0.2) is 24.3 Å². The van der Waals surface area contributed by atoms with Crippen molar-refractivity contribution in [1.29, 1.82) is 0 Å². The third kappa shape index (κ3) is 5.15. The largest absolute Gasteiger partial charge is 0.500 e. The summed E-state index contributed by atoms with van der Waals surface area (Å²) < 4.78 is 24.3. The van der Waals surface area contributed by atoms with Gasteiger partial charge in [-0.25, -0.2) is 0 Å². The molecule has 0 spiro atoms. The fourth-order valence-corrected chi connectivity index (χ4v) is 12.3. The van der Waals surface area contributed by atoms with Crippen molar-refractivity contribution >= 4 is 17.1 Å². The lowest BCUT2D eigenvalue weighted by Crippen LogP contribution is -2.55. The quantitative estimate of drug-likeness (QED) is 0.542. The van der Waals surface area contributed by atoms with E-state index in [4.69, 9.17) is 17.7 Å². The van der Waals surface area contributed by atoms with Crippen LogP contribution >= 0.6 is 0 Å². The van der Waals surface area contributed by atoms with Crippen molar-refractivity contribution in [3.8, 4) is 0 Å². The van der Waals surface area contributed by atoms with E-state index < -0.39 is 17.1 Å². The van der Waals surface area contributed by atoms with Crippen molar-refractivity contribution in [2.75, 3.05) is 26.4 Å². The predicted molar refractivity (Wildman–Crippen MR) is 90.7 cm³/mol. The molecular weight excluding hydrogens is 300 g/mol. The Morgan fingerprint density at radius 1 is 0.762 bits per heavy atom. The van der Waals surface area contributed by atoms with E-state index in [1.54, 1.807) is 0 Å². The Hall–Kier alpha value is -0.246. The van der Waals surface area contributed by atoms with E-state index in [0.29, 0.717) is 25.4 Å². The van der Waals surface area contributed by atoms with Gasteiger partial charge >= 0.3 is 8.80 Å². The predicted octanol–water partition coefficient (Wildman–Crippen LogP) is 3.68. The zero-order valence-corrected chi connectivity index (χ0v) is 16.1. The van der Waals surface area contributed by atoms with E-state index >= 15 is 0 Å². The molecule has 4 nitrogen and oxygen atoms in total. The second-order valence-corrected chi connectivity index (χ2v) is 12.4. The highest BCUT2D eigenvalue weighted by atomic mass is 28.4. The monoisotopic (exact) mass is 330 g/mol. The average Bonchev–Trinajstić information content (AvgIpc) is 2.94. The first-order valence-electron chi connectivity index (χ1n) is 7.96. The van der Waals surface area contributed by atoms with Gasteiger partial charge in [0.05, 0.1) is 0 Å². The van der Waals surface area contributed by atoms with Crippen LogP contribution in [0.25, 0.3) is 0 Å². The van der Waals surface area contributed by atoms with Gasteiger partial charge in [0.25, 0.3) is 0 Å². The zero-order valence-electron chi connectivity index (χ0n) is 14.1. The summed E-state index contributed by atoms with van der Waals surface area (Å²) in [6.45, 7) is 12.9. The fourth-order valence-electron chi connectivity index (χ4n) is 2.80. The Morgan fingerprint density at radius 3 is 1.57 bits per heavy atom. The summed E-state index contributed by atoms with van der Waals surface area (Å²) in [6.07, 6.45) is 8.65. The van der Waals surface area contributed by atoms with Crippen molar-refractivity contribution < 1.29 is 17.7 Å². The molecule has 0 radical (unpaired) electrons. The van der Waals surface area contributed by atoms with Gasteiger partial charge in [-0.1, -0.05) is 24.3 Å². The molecule has 6 heteroatoms. The average molecular weight is 331 g/mol. The van der Waals surface area contributed by atoms with Gasteiger partial charge in [-0.05, 0) is 34.2 Å². The summed E-state index contributed by atoms with van der Waals surface area (Å²) in [5.41, 5.74) is 1.16. The number of allylic oxidation sites excluding steroid dienone is 4. The van der Waals surface area contributed by atoms with Crippen LogP contribution in [-0.2, 0) is 17.7 Å². The topological polar surface area (TPSA) is 36.9 Å². The molecule has 0 saturated carbocycles. The van der Waals surface area contributed by atoms with Crippen LogP contribution in [0.4, 0.5) is 0 Å². The van der Waals surface area contributed by atoms with E-state index in [0.717, 1.165) is 12.3 Å². The third-order valence-electron chi connectivity index (χ3n) is 3.59. The summed E-state index contributed by atoms with van der Waals surface area (Å²) >= 11 is 0. The molecular formula is C15H30O4Si2. The Kier molecular flexibility index (Phi) is 8.08. The van der Waals surface area contributed by atoms with Gasteiger partial charge < -0.3 is 17.7 Å². The molecule has 0 N–H and O–H groups in total. The van der Waals surface area contributed by atoms with Crippen LogP contribution in [0, 0.1) is 0 Å². The maximum atomic E-state index is 6.24. The first kappa shape index (κ1) is 18.8. The molecule has 0 aliphatic heterocycles. The van der Waals surface area contributed by atoms with Crippen LogP contribution in [0.1, 0.15) is 27.7 Å². The summed E-state index contributed by atoms with van der Waals surface area (Å²) in [5.74, 6) is 0. The minimum Gasteiger partial charge on any atom is -0.416 e. The minimum absolute atomic E-state index is 0.366. The van der Waals surface area contributed by atoms with Crippen LogP contribution in [0.5, 0.6) is 0 Å². The Morgan fingerprint density at radius 2 is 1.19 bits per heavy atom. The Labute approximate surface area is 131 Å². The summed E-state index contributed by atoms with van der Waals surface area (Å²) in [6, 6.07) is 0. The molecule has 1 unspecified atom stereocenters. The summed E-state index contributed by atoms with van der Waals surface area (Å²) in [4.78, 5) is 0. The van der Waals surface area contributed by atoms with Crippen LogP contribution in [0.2, 0.25) is 17.8 Å². The lowest BCUT2D eigenvalue weighted by atomic mass is 10.5. The fraction of sp³-hybridized carbons (Fsp3) is 0.733. The van der Waals surface area contributed by atoms with Gasteiger partial charge in [-0.2, -0.15) is 0 Å². The molecule has 0 bridgehead atoms. The molecule has 1 aliphatic carbocycles. The number of rotatable bonds is 11. The summed E-state index contributed by atoms with van der Waals surface area (Å²) in [5, 5.41) is 0. The van der Waals surface area contributed by atoms with E-state index in [2.05, 4.69) is 37.8 Å². The molecule has 1 aliphatic rings. The molecule has 0 fully saturated rings. The number of hydrogen-bond donors (Lipinski definition) is 0. The Bertz CT molecular complexity index is 331. The maximum Gasteiger partial charge on any atom is 0.500 e. The molecule has 21 heavy (non-hydrogen) atoms. The second kappa shape index (κ2) is 9.02. The maximum absolute atomic E-state index is 6.24. The lowest BCUT2D eigenvalue weighted by Gasteiger charge is -2.38. The van der Waals surface area contributed by atoms with Gasteiger partial charge in [0.2, 0.25) is 8.32 Å². The highest BCUT2D eigenvalue weighted by molar-refractivity contribution is 6.87. The first-order valence-corrected chi connectivity index (χ1v) is 12.6. The molecule has 0 aromatic rings. The van der Waals surface area contributed by atoms with Crippen molar-refractivity contribution in [2.45, 2.75) is 45.5 Å². The van der Waals surface area contributed by atoms with Crippen molar-refractivity contribution in [2.24, 2.45) is 0 Å². The molecule has 0 saturated heterocycles. The van der Waals surface area contributed by atoms with Crippen molar-refractivity contribution in [3.05, 3.63) is 24.3 Å². The third-order valence-corrected chi connectivity index (χ3v) is 13.1. The molecule has 1 atom stereocenters. The van der Waals surface area contributed by atoms with Gasteiger partial charge in [-0.15, -0.1) is 0 Å². The molecule has 0 amide bonds. The van der Waals surface area contributed by atoms with Gasteiger partial charge in [0.15, 0.2) is 0 Å². The highest BCUT2D eigenvalue weighted by Gasteiger charge is 2.51. The van der Waals surface area contributed by atoms with Crippen molar-refractivity contribution in [1.82, 2.24) is 0 Å². The van der Waals surface area contributed by atoms with Crippen LogP contribution in [-0.4, -0.2) is 43.5 Å². The van der Waals surface area contributed by atoms with Gasteiger partial charge in [-0.3, -0.25) is 0 Å². The smallest absolute Gasteiger partial charge is 0.416 e. The van der Waals surface area contributed by atoms with Gasteiger partial charge in [0.1, 0.15) is 0 Å². The molecule has 0 aromatic carbocycles. The minimum atomic E-state index is -2.67. The van der Waals surface area contributed by atoms with Crippen LogP contribution < -0.4 is 0 Å². The lowest BCUT2D eigenvalue weighted by molar-refractivity contribution is 0.0740. The molecule has 1 rings (SSSR count).